The van der Waals surface area contributed by atoms with E-state index >= 15 is 0 Å². The van der Waals surface area contributed by atoms with E-state index in [1.165, 1.54) is 16.7 Å². The summed E-state index contributed by atoms with van der Waals surface area (Å²) in [6.07, 6.45) is 1.19. The average Bonchev–Trinajstić information content (AvgIpc) is 2.84. The minimum absolute atomic E-state index is 0.0291. The zero-order valence-electron chi connectivity index (χ0n) is 18.7. The number of nitrogens with zero attached hydrogens (tertiary/aromatic N) is 2. The molecule has 0 radical (unpaired) electrons. The number of nitrogen functional groups attached to an aromatic ring is 1. The quantitative estimate of drug-likeness (QED) is 0.598. The van der Waals surface area contributed by atoms with E-state index in [0.717, 1.165) is 18.4 Å². The average molecular weight is 442 g/mol. The summed E-state index contributed by atoms with van der Waals surface area (Å²) in [5, 5.41) is 0. The van der Waals surface area contributed by atoms with Gasteiger partial charge in [-0.05, 0) is 78.4 Å². The van der Waals surface area contributed by atoms with Crippen molar-refractivity contribution in [2.75, 3.05) is 12.3 Å². The zero-order valence-corrected chi connectivity index (χ0v) is 18.7. The molecule has 6 nitrogen and oxygen atoms in total. The summed E-state index contributed by atoms with van der Waals surface area (Å²) in [4.78, 5) is 29.7. The van der Waals surface area contributed by atoms with Crippen LogP contribution in [0.5, 0.6) is 5.75 Å². The Morgan fingerprint density at radius 1 is 0.909 bits per heavy atom. The van der Waals surface area contributed by atoms with Crippen LogP contribution in [-0.2, 0) is 25.9 Å². The smallest absolute Gasteiger partial charge is 0.410 e. The summed E-state index contributed by atoms with van der Waals surface area (Å²) in [5.41, 5.74) is 11.7. The molecule has 2 aliphatic heterocycles. The Balaban J connectivity index is 1.31. The fraction of sp³-hybridized carbons (Fsp3) is 0.259. The fourth-order valence-corrected chi connectivity index (χ4v) is 4.66. The van der Waals surface area contributed by atoms with Crippen LogP contribution in [-0.4, -0.2) is 34.4 Å². The largest absolute Gasteiger partial charge is 0.415 e. The molecule has 2 N–H and O–H groups in total. The minimum Gasteiger partial charge on any atom is -0.410 e. The molecule has 6 heteroatoms. The van der Waals surface area contributed by atoms with Gasteiger partial charge >= 0.3 is 6.09 Å². The van der Waals surface area contributed by atoms with Crippen molar-refractivity contribution in [1.82, 2.24) is 9.80 Å². The number of ether oxygens (including phenoxy) is 1. The van der Waals surface area contributed by atoms with E-state index in [2.05, 4.69) is 25.1 Å². The van der Waals surface area contributed by atoms with E-state index in [0.29, 0.717) is 36.6 Å². The van der Waals surface area contributed by atoms with Gasteiger partial charge in [-0.2, -0.15) is 0 Å². The predicted molar refractivity (Wildman–Crippen MR) is 127 cm³/mol. The normalized spacial score (nSPS) is 17.2. The van der Waals surface area contributed by atoms with E-state index in [-0.39, 0.29) is 11.9 Å². The lowest BCUT2D eigenvalue weighted by Gasteiger charge is -2.35. The minimum atomic E-state index is -0.400. The van der Waals surface area contributed by atoms with Gasteiger partial charge in [0.15, 0.2) is 0 Å². The molecule has 3 aromatic rings. The van der Waals surface area contributed by atoms with Crippen molar-refractivity contribution in [2.45, 2.75) is 38.9 Å². The lowest BCUT2D eigenvalue weighted by atomic mass is 9.93. The monoisotopic (exact) mass is 441 g/mol. The summed E-state index contributed by atoms with van der Waals surface area (Å²) in [6, 6.07) is 21.1. The second-order valence-electron chi connectivity index (χ2n) is 8.85. The van der Waals surface area contributed by atoms with Crippen molar-refractivity contribution >= 4 is 17.7 Å². The summed E-state index contributed by atoms with van der Waals surface area (Å²) < 4.78 is 5.50. The summed E-state index contributed by atoms with van der Waals surface area (Å²) >= 11 is 0. The molecule has 0 unspecified atom stereocenters. The van der Waals surface area contributed by atoms with Gasteiger partial charge in [0.25, 0.3) is 5.91 Å². The second-order valence-corrected chi connectivity index (χ2v) is 8.85. The standard InChI is InChI=1S/C27H27N3O3/c1-18-14-20-4-2-3-5-22(20)17-30(18)26(31)21-7-6-19-12-13-29(16-23(19)15-21)27(32)33-25-10-8-24(28)9-11-25/h2-11,15,18H,12-14,16-17,28H2,1H3/t18-/m1/s1. The lowest BCUT2D eigenvalue weighted by molar-refractivity contribution is 0.0658. The van der Waals surface area contributed by atoms with E-state index in [1.807, 2.05) is 29.2 Å². The van der Waals surface area contributed by atoms with Crippen LogP contribution in [0.1, 0.15) is 39.5 Å². The molecule has 0 bridgehead atoms. The van der Waals surface area contributed by atoms with Gasteiger partial charge < -0.3 is 20.3 Å². The van der Waals surface area contributed by atoms with E-state index in [9.17, 15) is 9.59 Å². The summed E-state index contributed by atoms with van der Waals surface area (Å²) in [7, 11) is 0. The molecule has 33 heavy (non-hydrogen) atoms. The van der Waals surface area contributed by atoms with E-state index < -0.39 is 6.09 Å². The molecule has 5 rings (SSSR count). The Hall–Kier alpha value is -3.80. The van der Waals surface area contributed by atoms with Crippen molar-refractivity contribution in [2.24, 2.45) is 0 Å². The maximum Gasteiger partial charge on any atom is 0.415 e. The summed E-state index contributed by atoms with van der Waals surface area (Å²) in [6.45, 7) is 3.71. The molecule has 1 atom stereocenters. The first kappa shape index (κ1) is 21.1. The van der Waals surface area contributed by atoms with Crippen LogP contribution in [0.25, 0.3) is 0 Å². The Morgan fingerprint density at radius 2 is 1.67 bits per heavy atom. The van der Waals surface area contributed by atoms with Gasteiger partial charge in [-0.3, -0.25) is 4.79 Å². The van der Waals surface area contributed by atoms with E-state index in [4.69, 9.17) is 10.5 Å². The molecule has 2 aliphatic rings. The highest BCUT2D eigenvalue weighted by Crippen LogP contribution is 2.27. The number of rotatable bonds is 2. The number of nitrogens with two attached hydrogens (primary N) is 1. The molecule has 0 saturated heterocycles. The third-order valence-corrected chi connectivity index (χ3v) is 6.58. The van der Waals surface area contributed by atoms with Crippen molar-refractivity contribution < 1.29 is 14.3 Å². The van der Waals surface area contributed by atoms with E-state index in [1.54, 1.807) is 29.2 Å². The number of amides is 2. The van der Waals surface area contributed by atoms with Gasteiger partial charge in [0.2, 0.25) is 0 Å². The van der Waals surface area contributed by atoms with Crippen molar-refractivity contribution in [3.05, 3.63) is 94.5 Å². The van der Waals surface area contributed by atoms with Gasteiger partial charge in [-0.1, -0.05) is 30.3 Å². The van der Waals surface area contributed by atoms with Gasteiger partial charge in [-0.15, -0.1) is 0 Å². The van der Waals surface area contributed by atoms with Gasteiger partial charge in [-0.25, -0.2) is 4.79 Å². The molecule has 2 heterocycles. The Labute approximate surface area is 193 Å². The molecule has 0 aromatic heterocycles. The number of benzene rings is 3. The van der Waals surface area contributed by atoms with Crippen LogP contribution in [0.15, 0.2) is 66.7 Å². The highest BCUT2D eigenvalue weighted by atomic mass is 16.6. The molecule has 2 amide bonds. The number of fused-ring (bicyclic) bond motifs is 2. The predicted octanol–water partition coefficient (Wildman–Crippen LogP) is 4.41. The van der Waals surface area contributed by atoms with Gasteiger partial charge in [0.1, 0.15) is 5.75 Å². The molecule has 0 saturated carbocycles. The molecule has 0 fully saturated rings. The third-order valence-electron chi connectivity index (χ3n) is 6.58. The highest BCUT2D eigenvalue weighted by Gasteiger charge is 2.29. The molecule has 0 spiro atoms. The number of hydrogen-bond donors (Lipinski definition) is 1. The van der Waals surface area contributed by atoms with Crippen LogP contribution in [0.3, 0.4) is 0 Å². The Morgan fingerprint density at radius 3 is 2.45 bits per heavy atom. The number of carbonyl (C=O) groups is 2. The first-order valence-electron chi connectivity index (χ1n) is 11.3. The molecule has 0 aliphatic carbocycles. The SMILES string of the molecule is C[C@@H]1Cc2ccccc2CN1C(=O)c1ccc2c(c1)CN(C(=O)Oc1ccc(N)cc1)CC2. The van der Waals surface area contributed by atoms with Crippen molar-refractivity contribution in [3.63, 3.8) is 0 Å². The number of anilines is 1. The van der Waals surface area contributed by atoms with Crippen molar-refractivity contribution in [3.8, 4) is 5.75 Å². The van der Waals surface area contributed by atoms with Gasteiger partial charge in [0, 0.05) is 36.9 Å². The maximum absolute atomic E-state index is 13.4. The molecular weight excluding hydrogens is 414 g/mol. The molecule has 168 valence electrons. The van der Waals surface area contributed by atoms with Crippen LogP contribution >= 0.6 is 0 Å². The maximum atomic E-state index is 13.4. The second kappa shape index (κ2) is 8.62. The van der Waals surface area contributed by atoms with Crippen LogP contribution in [0.2, 0.25) is 0 Å². The number of carbonyl (C=O) groups excluding carboxylic acids is 2. The zero-order chi connectivity index (χ0) is 22.9. The van der Waals surface area contributed by atoms with Crippen molar-refractivity contribution in [1.29, 1.82) is 0 Å². The summed E-state index contributed by atoms with van der Waals surface area (Å²) in [5.74, 6) is 0.490. The first-order chi connectivity index (χ1) is 16.0. The highest BCUT2D eigenvalue weighted by molar-refractivity contribution is 5.95. The fourth-order valence-electron chi connectivity index (χ4n) is 4.66. The van der Waals surface area contributed by atoms with Crippen LogP contribution in [0.4, 0.5) is 10.5 Å². The Kier molecular flexibility index (Phi) is 5.50. The van der Waals surface area contributed by atoms with Crippen LogP contribution < -0.4 is 10.5 Å². The topological polar surface area (TPSA) is 75.9 Å². The third kappa shape index (κ3) is 4.29. The van der Waals surface area contributed by atoms with Gasteiger partial charge in [0.05, 0.1) is 0 Å². The lowest BCUT2D eigenvalue weighted by Crippen LogP contribution is -2.42. The Bertz CT molecular complexity index is 1210. The molecular formula is C27H27N3O3. The number of hydrogen-bond acceptors (Lipinski definition) is 4. The molecule has 3 aromatic carbocycles. The first-order valence-corrected chi connectivity index (χ1v) is 11.3. The van der Waals surface area contributed by atoms with Crippen LogP contribution in [0, 0.1) is 0 Å².